The first-order chi connectivity index (χ1) is 7.37. The molecule has 1 aliphatic rings. The maximum Gasteiger partial charge on any atom is 0.237 e. The van der Waals surface area contributed by atoms with Crippen molar-refractivity contribution in [2.45, 2.75) is 65.0 Å². The van der Waals surface area contributed by atoms with Crippen LogP contribution in [0.2, 0.25) is 0 Å². The normalized spacial score (nSPS) is 31.0. The van der Waals surface area contributed by atoms with Crippen LogP contribution < -0.4 is 11.1 Å². The van der Waals surface area contributed by atoms with Crippen LogP contribution in [0.15, 0.2) is 0 Å². The van der Waals surface area contributed by atoms with Crippen molar-refractivity contribution < 1.29 is 4.79 Å². The van der Waals surface area contributed by atoms with E-state index in [1.165, 1.54) is 6.42 Å². The minimum Gasteiger partial charge on any atom is -0.368 e. The Morgan fingerprint density at radius 1 is 1.38 bits per heavy atom. The molecule has 0 aliphatic heterocycles. The number of amides is 1. The van der Waals surface area contributed by atoms with Gasteiger partial charge in [-0.25, -0.2) is 0 Å². The monoisotopic (exact) mass is 226 g/mol. The molecule has 1 fully saturated rings. The molecule has 3 heteroatoms. The van der Waals surface area contributed by atoms with Crippen LogP contribution in [-0.2, 0) is 4.79 Å². The molecular weight excluding hydrogens is 200 g/mol. The Bertz CT molecular complexity index is 250. The summed E-state index contributed by atoms with van der Waals surface area (Å²) in [5.41, 5.74) is 5.15. The quantitative estimate of drug-likeness (QED) is 0.771. The van der Waals surface area contributed by atoms with Gasteiger partial charge in [0.15, 0.2) is 0 Å². The summed E-state index contributed by atoms with van der Waals surface area (Å²) in [6, 6.07) is 0.304. The second kappa shape index (κ2) is 5.17. The lowest BCUT2D eigenvalue weighted by molar-refractivity contribution is -0.127. The molecule has 1 aliphatic carbocycles. The van der Waals surface area contributed by atoms with Crippen LogP contribution in [0.4, 0.5) is 0 Å². The Labute approximate surface area is 99.2 Å². The van der Waals surface area contributed by atoms with E-state index < -0.39 is 5.54 Å². The van der Waals surface area contributed by atoms with Crippen molar-refractivity contribution in [3.05, 3.63) is 0 Å². The minimum atomic E-state index is -0.457. The van der Waals surface area contributed by atoms with Crippen LogP contribution in [-0.4, -0.2) is 17.5 Å². The summed E-state index contributed by atoms with van der Waals surface area (Å²) in [5.74, 6) is 1.08. The zero-order chi connectivity index (χ0) is 12.3. The maximum absolute atomic E-state index is 11.7. The molecule has 0 aromatic rings. The van der Waals surface area contributed by atoms with E-state index >= 15 is 0 Å². The topological polar surface area (TPSA) is 55.1 Å². The highest BCUT2D eigenvalue weighted by molar-refractivity contribution is 5.84. The highest BCUT2D eigenvalue weighted by Crippen LogP contribution is 2.36. The van der Waals surface area contributed by atoms with Gasteiger partial charge in [-0.1, -0.05) is 26.7 Å². The van der Waals surface area contributed by atoms with Crippen molar-refractivity contribution in [1.82, 2.24) is 5.32 Å². The number of rotatable bonds is 4. The average molecular weight is 226 g/mol. The predicted molar refractivity (Wildman–Crippen MR) is 67.0 cm³/mol. The Hall–Kier alpha value is -0.570. The number of carbonyl (C=O) groups excluding carboxylic acids is 1. The van der Waals surface area contributed by atoms with Gasteiger partial charge in [-0.2, -0.15) is 0 Å². The SMILES string of the molecule is CC(C)NC1(C(N)=O)CCCC(C(C)C)C1. The molecule has 0 aromatic carbocycles. The summed E-state index contributed by atoms with van der Waals surface area (Å²) in [4.78, 5) is 11.7. The van der Waals surface area contributed by atoms with Gasteiger partial charge in [0, 0.05) is 6.04 Å². The van der Waals surface area contributed by atoms with Gasteiger partial charge in [0.2, 0.25) is 5.91 Å². The molecule has 0 spiro atoms. The smallest absolute Gasteiger partial charge is 0.237 e. The first-order valence-corrected chi connectivity index (χ1v) is 6.45. The Balaban J connectivity index is 2.80. The van der Waals surface area contributed by atoms with Crippen LogP contribution in [0.25, 0.3) is 0 Å². The molecule has 2 atom stereocenters. The van der Waals surface area contributed by atoms with E-state index in [2.05, 4.69) is 33.0 Å². The fourth-order valence-corrected chi connectivity index (χ4v) is 2.87. The van der Waals surface area contributed by atoms with E-state index in [4.69, 9.17) is 5.73 Å². The molecule has 1 amide bonds. The summed E-state index contributed by atoms with van der Waals surface area (Å²) >= 11 is 0. The number of primary amides is 1. The molecular formula is C13H26N2O. The summed E-state index contributed by atoms with van der Waals surface area (Å²) in [5, 5.41) is 3.40. The number of hydrogen-bond acceptors (Lipinski definition) is 2. The molecule has 94 valence electrons. The second-order valence-corrected chi connectivity index (χ2v) is 5.85. The first-order valence-electron chi connectivity index (χ1n) is 6.45. The molecule has 1 rings (SSSR count). The number of hydrogen-bond donors (Lipinski definition) is 2. The van der Waals surface area contributed by atoms with Crippen molar-refractivity contribution >= 4 is 5.91 Å². The van der Waals surface area contributed by atoms with Crippen molar-refractivity contribution in [2.75, 3.05) is 0 Å². The van der Waals surface area contributed by atoms with E-state index in [0.29, 0.717) is 17.9 Å². The lowest BCUT2D eigenvalue weighted by Gasteiger charge is -2.42. The standard InChI is InChI=1S/C13H26N2O/c1-9(2)11-6-5-7-13(8-11,12(14)16)15-10(3)4/h9-11,15H,5-8H2,1-4H3,(H2,14,16). The van der Waals surface area contributed by atoms with Crippen LogP contribution >= 0.6 is 0 Å². The van der Waals surface area contributed by atoms with Gasteiger partial charge in [-0.3, -0.25) is 4.79 Å². The Morgan fingerprint density at radius 3 is 2.44 bits per heavy atom. The molecule has 0 radical (unpaired) electrons. The van der Waals surface area contributed by atoms with E-state index in [9.17, 15) is 4.79 Å². The lowest BCUT2D eigenvalue weighted by Crippen LogP contribution is -2.60. The van der Waals surface area contributed by atoms with Gasteiger partial charge >= 0.3 is 0 Å². The van der Waals surface area contributed by atoms with Gasteiger partial charge in [-0.15, -0.1) is 0 Å². The lowest BCUT2D eigenvalue weighted by atomic mass is 9.71. The fourth-order valence-electron chi connectivity index (χ4n) is 2.87. The van der Waals surface area contributed by atoms with Crippen molar-refractivity contribution in [3.8, 4) is 0 Å². The summed E-state index contributed by atoms with van der Waals surface area (Å²) in [6.07, 6.45) is 4.12. The molecule has 2 unspecified atom stereocenters. The molecule has 3 nitrogen and oxygen atoms in total. The maximum atomic E-state index is 11.7. The van der Waals surface area contributed by atoms with Gasteiger partial charge in [0.1, 0.15) is 0 Å². The molecule has 1 saturated carbocycles. The van der Waals surface area contributed by atoms with Crippen LogP contribution in [0.3, 0.4) is 0 Å². The van der Waals surface area contributed by atoms with Crippen LogP contribution in [0, 0.1) is 11.8 Å². The van der Waals surface area contributed by atoms with E-state index in [1.807, 2.05) is 0 Å². The van der Waals surface area contributed by atoms with Crippen molar-refractivity contribution in [2.24, 2.45) is 17.6 Å². The third-order valence-corrected chi connectivity index (χ3v) is 3.77. The molecule has 0 aromatic heterocycles. The zero-order valence-electron chi connectivity index (χ0n) is 11.0. The fraction of sp³-hybridized carbons (Fsp3) is 0.923. The van der Waals surface area contributed by atoms with Gasteiger partial charge in [0.25, 0.3) is 0 Å². The molecule has 0 heterocycles. The average Bonchev–Trinajstić information content (AvgIpc) is 2.16. The highest BCUT2D eigenvalue weighted by Gasteiger charge is 2.42. The zero-order valence-corrected chi connectivity index (χ0v) is 11.0. The van der Waals surface area contributed by atoms with Crippen molar-refractivity contribution in [3.63, 3.8) is 0 Å². The number of nitrogens with one attached hydrogen (secondary N) is 1. The third kappa shape index (κ3) is 2.97. The summed E-state index contributed by atoms with van der Waals surface area (Å²) < 4.78 is 0. The van der Waals surface area contributed by atoms with Gasteiger partial charge in [-0.05, 0) is 38.5 Å². The van der Waals surface area contributed by atoms with Gasteiger partial charge in [0.05, 0.1) is 5.54 Å². The largest absolute Gasteiger partial charge is 0.368 e. The highest BCUT2D eigenvalue weighted by atomic mass is 16.1. The van der Waals surface area contributed by atoms with E-state index in [-0.39, 0.29) is 5.91 Å². The molecule has 3 N–H and O–H groups in total. The predicted octanol–water partition coefficient (Wildman–Crippen LogP) is 2.05. The van der Waals surface area contributed by atoms with E-state index in [1.54, 1.807) is 0 Å². The summed E-state index contributed by atoms with van der Waals surface area (Å²) in [6.45, 7) is 8.61. The van der Waals surface area contributed by atoms with Gasteiger partial charge < -0.3 is 11.1 Å². The van der Waals surface area contributed by atoms with Crippen molar-refractivity contribution in [1.29, 1.82) is 0 Å². The van der Waals surface area contributed by atoms with E-state index in [0.717, 1.165) is 19.3 Å². The Morgan fingerprint density at radius 2 is 2.00 bits per heavy atom. The second-order valence-electron chi connectivity index (χ2n) is 5.85. The number of nitrogens with two attached hydrogens (primary N) is 1. The number of carbonyl (C=O) groups is 1. The Kier molecular flexibility index (Phi) is 4.36. The van der Waals surface area contributed by atoms with Crippen LogP contribution in [0.5, 0.6) is 0 Å². The summed E-state index contributed by atoms with van der Waals surface area (Å²) in [7, 11) is 0. The van der Waals surface area contributed by atoms with Crippen LogP contribution in [0.1, 0.15) is 53.4 Å². The molecule has 16 heavy (non-hydrogen) atoms. The third-order valence-electron chi connectivity index (χ3n) is 3.77. The molecule has 0 saturated heterocycles. The first kappa shape index (κ1) is 13.5. The minimum absolute atomic E-state index is 0.174. The molecule has 0 bridgehead atoms.